The number of imidazole rings is 1. The Hall–Kier alpha value is -4.60. The van der Waals surface area contributed by atoms with Gasteiger partial charge in [0.2, 0.25) is 0 Å². The van der Waals surface area contributed by atoms with Crippen LogP contribution in [0.1, 0.15) is 18.3 Å². The van der Waals surface area contributed by atoms with Gasteiger partial charge in [0, 0.05) is 18.6 Å². The first kappa shape index (κ1) is 20.3. The molecule has 0 aliphatic rings. The Kier molecular flexibility index (Phi) is 5.23. The van der Waals surface area contributed by atoms with Gasteiger partial charge in [0.25, 0.3) is 5.69 Å². The van der Waals surface area contributed by atoms with E-state index < -0.39 is 4.92 Å². The van der Waals surface area contributed by atoms with Crippen molar-refractivity contribution in [3.05, 3.63) is 94.3 Å². The van der Waals surface area contributed by atoms with Gasteiger partial charge in [0.05, 0.1) is 22.5 Å². The number of tetrazole rings is 1. The number of nitro benzene ring substituents is 1. The van der Waals surface area contributed by atoms with E-state index in [1.54, 1.807) is 0 Å². The smallest absolute Gasteiger partial charge is 0.303 e. The van der Waals surface area contributed by atoms with Gasteiger partial charge in [-0.2, -0.15) is 4.98 Å². The maximum atomic E-state index is 11.4. The number of nitrogens with zero attached hydrogens (tertiary/aromatic N) is 7. The van der Waals surface area contributed by atoms with Gasteiger partial charge in [-0.25, -0.2) is 0 Å². The Morgan fingerprint density at radius 1 is 1.03 bits per heavy atom. The van der Waals surface area contributed by atoms with Crippen LogP contribution in [0.25, 0.3) is 16.7 Å². The topological polar surface area (TPSA) is 114 Å². The van der Waals surface area contributed by atoms with E-state index in [0.717, 1.165) is 16.6 Å². The van der Waals surface area contributed by atoms with E-state index in [2.05, 4.69) is 20.4 Å². The van der Waals surface area contributed by atoms with Crippen molar-refractivity contribution in [3.63, 3.8) is 0 Å². The summed E-state index contributed by atoms with van der Waals surface area (Å²) in [6.45, 7) is 2.44. The lowest BCUT2D eigenvalue weighted by Gasteiger charge is -2.12. The van der Waals surface area contributed by atoms with E-state index in [-0.39, 0.29) is 5.69 Å². The van der Waals surface area contributed by atoms with Crippen molar-refractivity contribution in [1.29, 1.82) is 0 Å². The quantitative estimate of drug-likeness (QED) is 0.273. The number of aromatic nitrogens is 6. The van der Waals surface area contributed by atoms with Crippen LogP contribution in [0, 0.1) is 10.1 Å². The number of nitro groups is 1. The molecule has 10 heteroatoms. The Bertz CT molecular complexity index is 1440. The third-order valence-electron chi connectivity index (χ3n) is 5.14. The molecule has 3 aromatic carbocycles. The second kappa shape index (κ2) is 8.50. The van der Waals surface area contributed by atoms with Gasteiger partial charge in [-0.05, 0) is 29.0 Å². The summed E-state index contributed by atoms with van der Waals surface area (Å²) in [5, 5.41) is 23.7. The second-order valence-corrected chi connectivity index (χ2v) is 7.31. The molecule has 0 bridgehead atoms. The lowest BCUT2D eigenvalue weighted by molar-refractivity contribution is -0.384. The van der Waals surface area contributed by atoms with Gasteiger partial charge in [-0.1, -0.05) is 49.4 Å². The van der Waals surface area contributed by atoms with Gasteiger partial charge in [0.1, 0.15) is 5.69 Å². The minimum Gasteiger partial charge on any atom is -0.423 e. The van der Waals surface area contributed by atoms with Gasteiger partial charge in [-0.3, -0.25) is 14.7 Å². The van der Waals surface area contributed by atoms with Crippen LogP contribution in [0.5, 0.6) is 11.8 Å². The maximum absolute atomic E-state index is 11.4. The molecule has 0 fully saturated rings. The van der Waals surface area contributed by atoms with Gasteiger partial charge >= 0.3 is 6.01 Å². The Morgan fingerprint density at radius 2 is 1.82 bits per heavy atom. The van der Waals surface area contributed by atoms with Crippen LogP contribution >= 0.6 is 0 Å². The van der Waals surface area contributed by atoms with Crippen molar-refractivity contribution in [1.82, 2.24) is 29.8 Å². The highest BCUT2D eigenvalue weighted by Gasteiger charge is 2.20. The molecule has 0 N–H and O–H groups in total. The summed E-state index contributed by atoms with van der Waals surface area (Å²) in [4.78, 5) is 16.8. The molecule has 0 atom stereocenters. The van der Waals surface area contributed by atoms with E-state index in [1.807, 2.05) is 66.1 Å². The van der Waals surface area contributed by atoms with Crippen LogP contribution in [0.3, 0.4) is 0 Å². The highest BCUT2D eigenvalue weighted by Crippen LogP contribution is 2.32. The van der Waals surface area contributed by atoms with Crippen LogP contribution in [-0.2, 0) is 13.0 Å². The minimum absolute atomic E-state index is 0.106. The Labute approximate surface area is 188 Å². The third-order valence-corrected chi connectivity index (χ3v) is 5.14. The fourth-order valence-electron chi connectivity index (χ4n) is 3.50. The summed E-state index contributed by atoms with van der Waals surface area (Å²) in [6.07, 6.45) is 0.581. The first-order chi connectivity index (χ1) is 16.1. The predicted octanol–water partition coefficient (Wildman–Crippen LogP) is 4.32. The predicted molar refractivity (Wildman–Crippen MR) is 121 cm³/mol. The van der Waals surface area contributed by atoms with Crippen molar-refractivity contribution in [2.75, 3.05) is 0 Å². The molecular formula is C23H19N7O3. The van der Waals surface area contributed by atoms with E-state index >= 15 is 0 Å². The molecule has 164 valence electrons. The van der Waals surface area contributed by atoms with Gasteiger partial charge < -0.3 is 4.74 Å². The second-order valence-electron chi connectivity index (χ2n) is 7.31. The number of benzene rings is 3. The Balaban J connectivity index is 1.61. The molecule has 5 rings (SSSR count). The van der Waals surface area contributed by atoms with E-state index in [9.17, 15) is 10.1 Å². The largest absolute Gasteiger partial charge is 0.423 e. The van der Waals surface area contributed by atoms with E-state index in [0.29, 0.717) is 36.2 Å². The summed E-state index contributed by atoms with van der Waals surface area (Å²) >= 11 is 0. The molecule has 33 heavy (non-hydrogen) atoms. The number of hydrogen-bond donors (Lipinski definition) is 0. The lowest BCUT2D eigenvalue weighted by Crippen LogP contribution is -2.06. The minimum atomic E-state index is -0.477. The molecule has 0 spiro atoms. The van der Waals surface area contributed by atoms with Crippen LogP contribution in [0.15, 0.2) is 72.8 Å². The van der Waals surface area contributed by atoms with Crippen molar-refractivity contribution in [3.8, 4) is 17.4 Å². The lowest BCUT2D eigenvalue weighted by atomic mass is 10.2. The van der Waals surface area contributed by atoms with Crippen molar-refractivity contribution in [2.45, 2.75) is 19.9 Å². The SMILES string of the molecule is CCc1nnn(-c2cc([N+](=O)[O-])ccc2Oc2nc3ccccc3n2Cc2ccccc2)n1. The normalized spacial score (nSPS) is 11.1. The first-order valence-electron chi connectivity index (χ1n) is 10.4. The highest BCUT2D eigenvalue weighted by molar-refractivity contribution is 5.77. The van der Waals surface area contributed by atoms with Crippen molar-refractivity contribution >= 4 is 16.7 Å². The summed E-state index contributed by atoms with van der Waals surface area (Å²) in [7, 11) is 0. The van der Waals surface area contributed by atoms with Crippen LogP contribution in [-0.4, -0.2) is 34.7 Å². The number of fused-ring (bicyclic) bond motifs is 1. The summed E-state index contributed by atoms with van der Waals surface area (Å²) < 4.78 is 8.19. The monoisotopic (exact) mass is 441 g/mol. The number of non-ortho nitro benzene ring substituents is 1. The molecule has 0 radical (unpaired) electrons. The molecule has 2 heterocycles. The summed E-state index contributed by atoms with van der Waals surface area (Å²) in [5.41, 5.74) is 2.96. The van der Waals surface area contributed by atoms with E-state index in [4.69, 9.17) is 4.74 Å². The molecule has 0 unspecified atom stereocenters. The van der Waals surface area contributed by atoms with Crippen molar-refractivity contribution in [2.24, 2.45) is 0 Å². The zero-order valence-corrected chi connectivity index (χ0v) is 17.7. The molecule has 0 aliphatic carbocycles. The average Bonchev–Trinajstić information content (AvgIpc) is 3.45. The molecule has 2 aromatic heterocycles. The summed E-state index contributed by atoms with van der Waals surface area (Å²) in [6, 6.07) is 22.3. The number of para-hydroxylation sites is 2. The number of rotatable bonds is 7. The molecule has 0 saturated heterocycles. The number of hydrogen-bond acceptors (Lipinski definition) is 7. The van der Waals surface area contributed by atoms with Crippen LogP contribution < -0.4 is 4.74 Å². The van der Waals surface area contributed by atoms with Gasteiger partial charge in [-0.15, -0.1) is 15.0 Å². The molecule has 0 aliphatic heterocycles. The molecular weight excluding hydrogens is 422 g/mol. The molecule has 5 aromatic rings. The standard InChI is InChI=1S/C23H19N7O3/c1-2-22-25-27-29(26-22)20-14-17(30(31)32)12-13-21(20)33-23-24-18-10-6-7-11-19(18)28(23)15-16-8-4-3-5-9-16/h3-14H,2,15H2,1H3. The van der Waals surface area contributed by atoms with E-state index in [1.165, 1.54) is 23.0 Å². The number of ether oxygens (including phenoxy) is 1. The molecule has 0 saturated carbocycles. The number of aryl methyl sites for hydroxylation is 1. The molecule has 10 nitrogen and oxygen atoms in total. The van der Waals surface area contributed by atoms with Crippen LogP contribution in [0.2, 0.25) is 0 Å². The average molecular weight is 441 g/mol. The molecule has 0 amide bonds. The third kappa shape index (κ3) is 4.01. The van der Waals surface area contributed by atoms with Crippen LogP contribution in [0.4, 0.5) is 5.69 Å². The first-order valence-corrected chi connectivity index (χ1v) is 10.4. The Morgan fingerprint density at radius 3 is 2.58 bits per heavy atom. The van der Waals surface area contributed by atoms with Crippen molar-refractivity contribution < 1.29 is 9.66 Å². The van der Waals surface area contributed by atoms with Gasteiger partial charge in [0.15, 0.2) is 11.6 Å². The fraction of sp³-hybridized carbons (Fsp3) is 0.130. The maximum Gasteiger partial charge on any atom is 0.303 e. The fourth-order valence-corrected chi connectivity index (χ4v) is 3.50. The zero-order chi connectivity index (χ0) is 22.8. The highest BCUT2D eigenvalue weighted by atomic mass is 16.6. The zero-order valence-electron chi connectivity index (χ0n) is 17.7. The summed E-state index contributed by atoms with van der Waals surface area (Å²) in [5.74, 6) is 0.842.